The van der Waals surface area contributed by atoms with Crippen molar-refractivity contribution < 1.29 is 0 Å². The van der Waals surface area contributed by atoms with E-state index in [1.165, 1.54) is 21.7 Å². The van der Waals surface area contributed by atoms with Crippen LogP contribution >= 0.6 is 17.2 Å². The lowest BCUT2D eigenvalue weighted by atomic mass is 10.1. The number of pyridine rings is 2. The summed E-state index contributed by atoms with van der Waals surface area (Å²) in [5.74, 6) is 0. The molecule has 0 amide bonds. The third-order valence-corrected chi connectivity index (χ3v) is 8.68. The Kier molecular flexibility index (Phi) is 6.78. The van der Waals surface area contributed by atoms with E-state index < -0.39 is 0 Å². The lowest BCUT2D eigenvalue weighted by molar-refractivity contribution is 1.05. The minimum absolute atomic E-state index is 0.615. The molecule has 0 N–H and O–H groups in total. The molecule has 0 saturated heterocycles. The normalized spacial score (nSPS) is 12.7. The summed E-state index contributed by atoms with van der Waals surface area (Å²) in [4.78, 5) is 9.16. The molecule has 2 unspecified atom stereocenters. The van der Waals surface area contributed by atoms with E-state index in [0.29, 0.717) is 5.40 Å². The third-order valence-electron chi connectivity index (χ3n) is 4.80. The summed E-state index contributed by atoms with van der Waals surface area (Å²) in [5.41, 5.74) is 4.63. The van der Waals surface area contributed by atoms with Gasteiger partial charge in [-0.3, -0.25) is 9.97 Å². The third kappa shape index (κ3) is 4.96. The molecular formula is C25H24N2P2. The van der Waals surface area contributed by atoms with Crippen LogP contribution in [-0.2, 0) is 0 Å². The zero-order chi connectivity index (χ0) is 19.9. The molecular weight excluding hydrogens is 390 g/mol. The SMILES string of the molecule is CCC(Pc1ccccc1-c1ccccn1)Pc1ccccc1-c1ccccn1. The van der Waals surface area contributed by atoms with Crippen molar-refractivity contribution in [1.29, 1.82) is 0 Å². The Bertz CT molecular complexity index is 967. The monoisotopic (exact) mass is 414 g/mol. The van der Waals surface area contributed by atoms with Gasteiger partial charge in [0.1, 0.15) is 0 Å². The van der Waals surface area contributed by atoms with Crippen molar-refractivity contribution in [3.63, 3.8) is 0 Å². The summed E-state index contributed by atoms with van der Waals surface area (Å²) < 4.78 is 0. The van der Waals surface area contributed by atoms with Crippen molar-refractivity contribution in [3.05, 3.63) is 97.3 Å². The summed E-state index contributed by atoms with van der Waals surface area (Å²) in [6, 6.07) is 29.7. The molecule has 4 heteroatoms. The van der Waals surface area contributed by atoms with E-state index in [1.807, 2.05) is 24.5 Å². The summed E-state index contributed by atoms with van der Waals surface area (Å²) in [6.45, 7) is 2.30. The highest BCUT2D eigenvalue weighted by atomic mass is 31.1. The topological polar surface area (TPSA) is 25.8 Å². The van der Waals surface area contributed by atoms with Crippen molar-refractivity contribution in [1.82, 2.24) is 9.97 Å². The Labute approximate surface area is 176 Å². The zero-order valence-electron chi connectivity index (χ0n) is 16.4. The number of hydrogen-bond acceptors (Lipinski definition) is 2. The first kappa shape index (κ1) is 19.9. The Morgan fingerprint density at radius 1 is 0.621 bits per heavy atom. The molecule has 0 aliphatic rings. The second-order valence-corrected chi connectivity index (χ2v) is 10.4. The Morgan fingerprint density at radius 3 is 1.48 bits per heavy atom. The number of hydrogen-bond donors (Lipinski definition) is 0. The fourth-order valence-electron chi connectivity index (χ4n) is 3.32. The Hall–Kier alpha value is -2.40. The molecule has 29 heavy (non-hydrogen) atoms. The fourth-order valence-corrected chi connectivity index (χ4v) is 6.82. The van der Waals surface area contributed by atoms with Crippen LogP contribution in [0.4, 0.5) is 0 Å². The molecule has 0 bridgehead atoms. The van der Waals surface area contributed by atoms with Gasteiger partial charge in [-0.1, -0.05) is 84.7 Å². The van der Waals surface area contributed by atoms with Crippen molar-refractivity contribution in [2.24, 2.45) is 0 Å². The molecule has 144 valence electrons. The standard InChI is InChI=1S/C25H24N2P2/c1-2-25(28-23-15-5-3-11-19(23)21-13-7-9-17-26-21)29-24-16-6-4-12-20(24)22-14-8-10-18-27-22/h3-18,25,28-29H,2H2,1H3. The average Bonchev–Trinajstić information content (AvgIpc) is 2.80. The van der Waals surface area contributed by atoms with Crippen LogP contribution in [0.3, 0.4) is 0 Å². The summed E-state index contributed by atoms with van der Waals surface area (Å²) >= 11 is 0. The van der Waals surface area contributed by atoms with Gasteiger partial charge in [0.05, 0.1) is 11.4 Å². The first-order valence-corrected chi connectivity index (χ1v) is 12.0. The fraction of sp³-hybridized carbons (Fsp3) is 0.120. The minimum Gasteiger partial charge on any atom is -0.256 e. The van der Waals surface area contributed by atoms with Crippen LogP contribution in [0.25, 0.3) is 22.5 Å². The molecule has 0 fully saturated rings. The average molecular weight is 414 g/mol. The predicted octanol–water partition coefficient (Wildman–Crippen LogP) is 5.85. The van der Waals surface area contributed by atoms with Crippen molar-refractivity contribution >= 4 is 27.8 Å². The van der Waals surface area contributed by atoms with Gasteiger partial charge in [0, 0.05) is 28.9 Å². The van der Waals surface area contributed by atoms with Gasteiger partial charge in [-0.05, 0) is 41.3 Å². The number of aromatic nitrogens is 2. The molecule has 2 atom stereocenters. The first-order valence-electron chi connectivity index (χ1n) is 9.89. The molecule has 2 nitrogen and oxygen atoms in total. The molecule has 0 saturated carbocycles. The van der Waals surface area contributed by atoms with Gasteiger partial charge in [-0.25, -0.2) is 0 Å². The number of benzene rings is 2. The smallest absolute Gasteiger partial charge is 0.0708 e. The highest BCUT2D eigenvalue weighted by Crippen LogP contribution is 2.39. The molecule has 2 aromatic carbocycles. The summed E-state index contributed by atoms with van der Waals surface area (Å²) in [7, 11) is 1.50. The van der Waals surface area contributed by atoms with Gasteiger partial charge < -0.3 is 0 Å². The van der Waals surface area contributed by atoms with Gasteiger partial charge >= 0.3 is 0 Å². The summed E-state index contributed by atoms with van der Waals surface area (Å²) in [6.07, 6.45) is 4.90. The highest BCUT2D eigenvalue weighted by Gasteiger charge is 2.15. The molecule has 2 aromatic heterocycles. The minimum atomic E-state index is 0.615. The summed E-state index contributed by atoms with van der Waals surface area (Å²) in [5, 5.41) is 3.42. The van der Waals surface area contributed by atoms with Crippen LogP contribution in [-0.4, -0.2) is 15.4 Å². The van der Waals surface area contributed by atoms with Crippen LogP contribution in [0.1, 0.15) is 13.3 Å². The molecule has 0 radical (unpaired) electrons. The van der Waals surface area contributed by atoms with E-state index in [-0.39, 0.29) is 0 Å². The maximum Gasteiger partial charge on any atom is 0.0708 e. The van der Waals surface area contributed by atoms with Gasteiger partial charge in [-0.2, -0.15) is 0 Å². The van der Waals surface area contributed by atoms with Crippen LogP contribution in [0.2, 0.25) is 0 Å². The number of nitrogens with zero attached hydrogens (tertiary/aromatic N) is 2. The van der Waals surface area contributed by atoms with Crippen molar-refractivity contribution in [2.75, 3.05) is 0 Å². The Morgan fingerprint density at radius 2 is 1.07 bits per heavy atom. The van der Waals surface area contributed by atoms with Crippen LogP contribution in [0.15, 0.2) is 97.3 Å². The zero-order valence-corrected chi connectivity index (χ0v) is 18.4. The maximum atomic E-state index is 4.58. The van der Waals surface area contributed by atoms with E-state index in [9.17, 15) is 0 Å². The maximum absolute atomic E-state index is 4.58. The van der Waals surface area contributed by atoms with Gasteiger partial charge in [0.15, 0.2) is 0 Å². The molecule has 0 aliphatic heterocycles. The van der Waals surface area contributed by atoms with Crippen molar-refractivity contribution in [2.45, 2.75) is 18.7 Å². The Balaban J connectivity index is 1.60. The molecule has 0 spiro atoms. The molecule has 2 heterocycles. The molecule has 4 aromatic rings. The van der Waals surface area contributed by atoms with E-state index >= 15 is 0 Å². The molecule has 4 rings (SSSR count). The van der Waals surface area contributed by atoms with Crippen molar-refractivity contribution in [3.8, 4) is 22.5 Å². The number of rotatable bonds is 7. The van der Waals surface area contributed by atoms with Gasteiger partial charge in [0.2, 0.25) is 0 Å². The van der Waals surface area contributed by atoms with E-state index in [1.54, 1.807) is 0 Å². The van der Waals surface area contributed by atoms with E-state index in [2.05, 4.69) is 89.7 Å². The molecule has 0 aliphatic carbocycles. The second-order valence-electron chi connectivity index (χ2n) is 6.77. The van der Waals surface area contributed by atoms with Crippen LogP contribution in [0, 0.1) is 0 Å². The predicted molar refractivity (Wildman–Crippen MR) is 129 cm³/mol. The van der Waals surface area contributed by atoms with Crippen LogP contribution in [0.5, 0.6) is 0 Å². The lowest BCUT2D eigenvalue weighted by Crippen LogP contribution is -2.10. The van der Waals surface area contributed by atoms with E-state index in [4.69, 9.17) is 0 Å². The van der Waals surface area contributed by atoms with Crippen LogP contribution < -0.4 is 10.6 Å². The van der Waals surface area contributed by atoms with E-state index in [0.717, 1.165) is 35.0 Å². The lowest BCUT2D eigenvalue weighted by Gasteiger charge is -2.19. The quantitative estimate of drug-likeness (QED) is 0.354. The van der Waals surface area contributed by atoms with Gasteiger partial charge in [-0.15, -0.1) is 0 Å². The van der Waals surface area contributed by atoms with Gasteiger partial charge in [0.25, 0.3) is 0 Å². The second kappa shape index (κ2) is 9.88. The highest BCUT2D eigenvalue weighted by molar-refractivity contribution is 7.65. The largest absolute Gasteiger partial charge is 0.256 e. The first-order chi connectivity index (χ1) is 14.3.